The Hall–Kier alpha value is -1.79. The summed E-state index contributed by atoms with van der Waals surface area (Å²) in [7, 11) is 0. The molecule has 1 heterocycles. The second-order valence-corrected chi connectivity index (χ2v) is 3.98. The fourth-order valence-corrected chi connectivity index (χ4v) is 1.90. The maximum absolute atomic E-state index is 12.9. The lowest BCUT2D eigenvalue weighted by atomic mass is 9.90. The molecule has 7 heteroatoms. The van der Waals surface area contributed by atoms with E-state index >= 15 is 0 Å². The van der Waals surface area contributed by atoms with Gasteiger partial charge in [0.15, 0.2) is 0 Å². The number of halogens is 4. The largest absolute Gasteiger partial charge is 0.481 e. The van der Waals surface area contributed by atoms with Crippen LogP contribution in [0.25, 0.3) is 0 Å². The minimum atomic E-state index is -4.78. The third kappa shape index (κ3) is 2.25. The molecule has 0 aromatic heterocycles. The predicted octanol–water partition coefficient (Wildman–Crippen LogP) is 2.39. The first kappa shape index (κ1) is 12.7. The molecule has 0 radical (unpaired) electrons. The monoisotopic (exact) mass is 264 g/mol. The molecule has 0 saturated carbocycles. The van der Waals surface area contributed by atoms with Gasteiger partial charge in [-0.05, 0) is 30.2 Å². The summed E-state index contributed by atoms with van der Waals surface area (Å²) in [5, 5.41) is 8.79. The molecule has 0 fully saturated rings. The van der Waals surface area contributed by atoms with Crippen LogP contribution in [0, 0.1) is 11.7 Å². The van der Waals surface area contributed by atoms with E-state index in [0.29, 0.717) is 0 Å². The summed E-state index contributed by atoms with van der Waals surface area (Å²) in [5.41, 5.74) is 0.128. The number of carbonyl (C=O) groups is 1. The molecule has 0 spiro atoms. The highest BCUT2D eigenvalue weighted by Crippen LogP contribution is 2.38. The zero-order valence-corrected chi connectivity index (χ0v) is 8.87. The second-order valence-electron chi connectivity index (χ2n) is 3.98. The van der Waals surface area contributed by atoms with Crippen LogP contribution in [0.1, 0.15) is 5.56 Å². The van der Waals surface area contributed by atoms with Crippen molar-refractivity contribution in [3.8, 4) is 5.75 Å². The zero-order chi connectivity index (χ0) is 13.5. The molecule has 1 aromatic carbocycles. The van der Waals surface area contributed by atoms with Crippen LogP contribution in [0.4, 0.5) is 17.6 Å². The number of ether oxygens (including phenoxy) is 1. The molecular formula is C11H8F4O3. The molecule has 1 aliphatic heterocycles. The van der Waals surface area contributed by atoms with E-state index < -0.39 is 36.4 Å². The van der Waals surface area contributed by atoms with Gasteiger partial charge < -0.3 is 9.84 Å². The van der Waals surface area contributed by atoms with Crippen molar-refractivity contribution in [2.45, 2.75) is 18.7 Å². The van der Waals surface area contributed by atoms with E-state index in [1.54, 1.807) is 0 Å². The van der Waals surface area contributed by atoms with E-state index in [2.05, 4.69) is 4.74 Å². The van der Waals surface area contributed by atoms with E-state index in [4.69, 9.17) is 5.11 Å². The first-order valence-corrected chi connectivity index (χ1v) is 5.03. The number of carboxylic acids is 1. The topological polar surface area (TPSA) is 46.5 Å². The van der Waals surface area contributed by atoms with E-state index in [-0.39, 0.29) is 11.3 Å². The lowest BCUT2D eigenvalue weighted by molar-refractivity contribution is -0.217. The molecular weight excluding hydrogens is 256 g/mol. The smallest absolute Gasteiger partial charge is 0.426 e. The van der Waals surface area contributed by atoms with Crippen LogP contribution >= 0.6 is 0 Å². The number of aliphatic carboxylic acids is 1. The standard InChI is InChI=1S/C11H8F4O3/c12-6-1-2-8-5(3-6)4-7(10(16)17)9(18-8)11(13,14)15/h1-3,7,9H,4H2,(H,16,17)/t7-,9+/m1/s1. The first-order valence-electron chi connectivity index (χ1n) is 5.03. The average Bonchev–Trinajstić information content (AvgIpc) is 2.25. The Kier molecular flexibility index (Phi) is 2.92. The molecule has 2 rings (SSSR count). The number of carboxylic acid groups (broad SMARTS) is 1. The van der Waals surface area contributed by atoms with Crippen molar-refractivity contribution in [1.82, 2.24) is 0 Å². The van der Waals surface area contributed by atoms with Gasteiger partial charge in [-0.25, -0.2) is 4.39 Å². The van der Waals surface area contributed by atoms with E-state index in [1.807, 2.05) is 0 Å². The highest BCUT2D eigenvalue weighted by Gasteiger charge is 2.52. The van der Waals surface area contributed by atoms with Gasteiger partial charge in [0, 0.05) is 0 Å². The van der Waals surface area contributed by atoms with Crippen LogP contribution in [0.5, 0.6) is 5.75 Å². The second kappa shape index (κ2) is 4.15. The summed E-state index contributed by atoms with van der Waals surface area (Å²) in [6.07, 6.45) is -7.60. The molecule has 2 atom stereocenters. The fourth-order valence-electron chi connectivity index (χ4n) is 1.90. The number of hydrogen-bond donors (Lipinski definition) is 1. The molecule has 0 amide bonds. The van der Waals surface area contributed by atoms with Gasteiger partial charge in [0.05, 0.1) is 0 Å². The fraction of sp³-hybridized carbons (Fsp3) is 0.364. The van der Waals surface area contributed by atoms with E-state index in [0.717, 1.165) is 18.2 Å². The number of benzene rings is 1. The SMILES string of the molecule is O=C(O)[C@@H]1Cc2cc(F)ccc2O[C@@H]1C(F)(F)F. The Bertz CT molecular complexity index is 484. The van der Waals surface area contributed by atoms with Crippen molar-refractivity contribution in [2.75, 3.05) is 0 Å². The van der Waals surface area contributed by atoms with Gasteiger partial charge in [0.1, 0.15) is 17.5 Å². The van der Waals surface area contributed by atoms with Gasteiger partial charge >= 0.3 is 12.1 Å². The van der Waals surface area contributed by atoms with Crippen molar-refractivity contribution in [3.05, 3.63) is 29.6 Å². The molecule has 3 nitrogen and oxygen atoms in total. The molecule has 1 N–H and O–H groups in total. The summed E-state index contributed by atoms with van der Waals surface area (Å²) < 4.78 is 55.6. The zero-order valence-electron chi connectivity index (χ0n) is 8.87. The Labute approximate surface area is 99.0 Å². The van der Waals surface area contributed by atoms with Crippen molar-refractivity contribution in [2.24, 2.45) is 5.92 Å². The Morgan fingerprint density at radius 2 is 2.06 bits per heavy atom. The van der Waals surface area contributed by atoms with E-state index in [9.17, 15) is 22.4 Å². The molecule has 0 aliphatic carbocycles. The molecule has 18 heavy (non-hydrogen) atoms. The van der Waals surface area contributed by atoms with Crippen LogP contribution < -0.4 is 4.74 Å². The summed E-state index contributed by atoms with van der Waals surface area (Å²) in [6.45, 7) is 0. The minimum Gasteiger partial charge on any atom is -0.481 e. The number of hydrogen-bond acceptors (Lipinski definition) is 2. The lowest BCUT2D eigenvalue weighted by Crippen LogP contribution is -2.47. The van der Waals surface area contributed by atoms with Crippen molar-refractivity contribution < 1.29 is 32.2 Å². The normalized spacial score (nSPS) is 23.1. The van der Waals surface area contributed by atoms with Crippen LogP contribution in [-0.4, -0.2) is 23.4 Å². The Morgan fingerprint density at radius 1 is 1.39 bits per heavy atom. The quantitative estimate of drug-likeness (QED) is 0.792. The van der Waals surface area contributed by atoms with Gasteiger partial charge in [-0.3, -0.25) is 4.79 Å². The summed E-state index contributed by atoms with van der Waals surface area (Å²) >= 11 is 0. The van der Waals surface area contributed by atoms with Gasteiger partial charge in [-0.15, -0.1) is 0 Å². The third-order valence-corrected chi connectivity index (χ3v) is 2.72. The third-order valence-electron chi connectivity index (χ3n) is 2.72. The highest BCUT2D eigenvalue weighted by molar-refractivity contribution is 5.72. The Morgan fingerprint density at radius 3 is 2.61 bits per heavy atom. The number of fused-ring (bicyclic) bond motifs is 1. The van der Waals surface area contributed by atoms with Crippen LogP contribution in [0.15, 0.2) is 18.2 Å². The van der Waals surface area contributed by atoms with Gasteiger partial charge in [-0.1, -0.05) is 0 Å². The van der Waals surface area contributed by atoms with Gasteiger partial charge in [-0.2, -0.15) is 13.2 Å². The van der Waals surface area contributed by atoms with Crippen LogP contribution in [-0.2, 0) is 11.2 Å². The number of alkyl halides is 3. The Balaban J connectivity index is 2.40. The molecule has 1 aromatic rings. The van der Waals surface area contributed by atoms with Crippen LogP contribution in [0.3, 0.4) is 0 Å². The van der Waals surface area contributed by atoms with Crippen LogP contribution in [0.2, 0.25) is 0 Å². The summed E-state index contributed by atoms with van der Waals surface area (Å²) in [4.78, 5) is 10.8. The summed E-state index contributed by atoms with van der Waals surface area (Å²) in [6, 6.07) is 3.02. The molecule has 98 valence electrons. The van der Waals surface area contributed by atoms with Crippen molar-refractivity contribution in [3.63, 3.8) is 0 Å². The number of rotatable bonds is 1. The average molecular weight is 264 g/mol. The van der Waals surface area contributed by atoms with Gasteiger partial charge in [0.25, 0.3) is 0 Å². The highest BCUT2D eigenvalue weighted by atomic mass is 19.4. The lowest BCUT2D eigenvalue weighted by Gasteiger charge is -2.32. The summed E-state index contributed by atoms with van der Waals surface area (Å²) in [5.74, 6) is -4.16. The van der Waals surface area contributed by atoms with Gasteiger partial charge in [0.2, 0.25) is 6.10 Å². The molecule has 0 saturated heterocycles. The van der Waals surface area contributed by atoms with E-state index in [1.165, 1.54) is 0 Å². The molecule has 0 unspecified atom stereocenters. The van der Waals surface area contributed by atoms with Crippen molar-refractivity contribution >= 4 is 5.97 Å². The first-order chi connectivity index (χ1) is 8.29. The van der Waals surface area contributed by atoms with Crippen molar-refractivity contribution in [1.29, 1.82) is 0 Å². The maximum atomic E-state index is 12.9. The molecule has 1 aliphatic rings. The molecule has 0 bridgehead atoms. The minimum absolute atomic E-state index is 0.128. The predicted molar refractivity (Wildman–Crippen MR) is 51.7 cm³/mol. The maximum Gasteiger partial charge on any atom is 0.426 e.